The van der Waals surface area contributed by atoms with Crippen molar-refractivity contribution < 1.29 is 33.1 Å². The molecule has 61 heavy (non-hydrogen) atoms. The average molecular weight is 863 g/mol. The number of aliphatic hydroxyl groups is 1. The molecule has 1 aliphatic heterocycles. The fourth-order valence-corrected chi connectivity index (χ4v) is 11.3. The van der Waals surface area contributed by atoms with Gasteiger partial charge in [0.15, 0.2) is 19.7 Å². The van der Waals surface area contributed by atoms with Crippen LogP contribution in [0.3, 0.4) is 0 Å². The number of carbonyl (C=O) groups excluding carboxylic acids is 2. The number of fused-ring (bicyclic) bond motifs is 4. The molecule has 8 rings (SSSR count). The summed E-state index contributed by atoms with van der Waals surface area (Å²) < 4.78 is 26.4. The zero-order valence-electron chi connectivity index (χ0n) is 35.8. The molecule has 320 valence electrons. The van der Waals surface area contributed by atoms with E-state index in [4.69, 9.17) is 30.0 Å². The Hall–Kier alpha value is -4.78. The number of halogens is 1. The lowest BCUT2D eigenvalue weighted by Crippen LogP contribution is -2.68. The van der Waals surface area contributed by atoms with Gasteiger partial charge < -0.3 is 28.8 Å². The van der Waals surface area contributed by atoms with Gasteiger partial charge in [0.05, 0.1) is 11.6 Å². The Labute approximate surface area is 364 Å². The smallest absolute Gasteiger partial charge is 0.265 e. The number of aliphatic hydroxyl groups excluding tert-OH is 1. The number of carbonyl (C=O) groups is 2. The number of ether oxygens (including phenoxy) is 2. The molecule has 2 fully saturated rings. The van der Waals surface area contributed by atoms with Gasteiger partial charge in [0.1, 0.15) is 30.3 Å². The van der Waals surface area contributed by atoms with Crippen LogP contribution in [0.5, 0.6) is 11.6 Å². The number of nitrogens with one attached hydrogen (secondary N) is 1. The summed E-state index contributed by atoms with van der Waals surface area (Å²) in [6.07, 6.45) is 6.12. The van der Waals surface area contributed by atoms with Crippen LogP contribution in [0.25, 0.3) is 5.76 Å². The summed E-state index contributed by atoms with van der Waals surface area (Å²) in [6.45, 7) is 20.4. The third-order valence-corrected chi connectivity index (χ3v) is 18.4. The molecule has 3 aromatic carbocycles. The Kier molecular flexibility index (Phi) is 11.8. The Morgan fingerprint density at radius 2 is 1.62 bits per heavy atom. The van der Waals surface area contributed by atoms with E-state index < -0.39 is 48.4 Å². The monoisotopic (exact) mass is 861 g/mol. The molecule has 5 atom stereocenters. The zero-order chi connectivity index (χ0) is 43.3. The topological polar surface area (TPSA) is 123 Å². The molecule has 2 heterocycles. The van der Waals surface area contributed by atoms with Gasteiger partial charge in [-0.1, -0.05) is 105 Å². The zero-order valence-corrected chi connectivity index (χ0v) is 37.5. The third-order valence-electron chi connectivity index (χ3n) is 13.5. The molecule has 0 amide bonds. The highest BCUT2D eigenvalue weighted by atomic mass is 35.5. The van der Waals surface area contributed by atoms with Crippen LogP contribution in [0, 0.1) is 11.8 Å². The number of benzene rings is 3. The van der Waals surface area contributed by atoms with Crippen LogP contribution in [0.15, 0.2) is 102 Å². The maximum absolute atomic E-state index is 16.1. The molecule has 1 unspecified atom stereocenters. The number of rotatable bonds is 14. The predicted molar refractivity (Wildman–Crippen MR) is 239 cm³/mol. The Balaban J connectivity index is 1.34. The van der Waals surface area contributed by atoms with Gasteiger partial charge in [0.2, 0.25) is 11.6 Å². The lowest BCUT2D eigenvalue weighted by molar-refractivity contribution is -0.141. The van der Waals surface area contributed by atoms with E-state index in [0.717, 1.165) is 41.6 Å². The SMILES string of the molecule is C=CCN(CC=C)[C@@H]1c2onc(OCc3ccccc3)c2C(=O)[C@@]2(O[Si](C)(C)C(C)(C)C)C(=O)C3=C(O)c4c(OCc5ccccc5)cc(C5CCCN5)c(Cl)c4C[C@H]3C[C@@H]12. The highest BCUT2D eigenvalue weighted by Gasteiger charge is 2.69. The van der Waals surface area contributed by atoms with Gasteiger partial charge in [-0.15, -0.1) is 13.2 Å². The van der Waals surface area contributed by atoms with Crippen LogP contribution < -0.4 is 14.8 Å². The number of aromatic nitrogens is 1. The van der Waals surface area contributed by atoms with Crippen molar-refractivity contribution in [2.75, 3.05) is 19.6 Å². The number of hydrogen-bond donors (Lipinski definition) is 2. The molecular formula is C49H56ClN3O7Si. The summed E-state index contributed by atoms with van der Waals surface area (Å²) in [4.78, 5) is 34.1. The fourth-order valence-electron chi connectivity index (χ4n) is 9.52. The molecule has 4 aliphatic rings. The molecule has 1 saturated heterocycles. The Morgan fingerprint density at radius 1 is 0.984 bits per heavy atom. The van der Waals surface area contributed by atoms with Crippen molar-refractivity contribution in [2.45, 2.75) is 95.5 Å². The molecule has 2 N–H and O–H groups in total. The van der Waals surface area contributed by atoms with Gasteiger partial charge in [0.25, 0.3) is 5.88 Å². The van der Waals surface area contributed by atoms with Crippen molar-refractivity contribution in [2.24, 2.45) is 11.8 Å². The van der Waals surface area contributed by atoms with Gasteiger partial charge in [-0.05, 0) is 89.8 Å². The van der Waals surface area contributed by atoms with E-state index in [0.29, 0.717) is 48.0 Å². The van der Waals surface area contributed by atoms with E-state index in [1.54, 1.807) is 12.2 Å². The van der Waals surface area contributed by atoms with Crippen molar-refractivity contribution in [3.05, 3.63) is 142 Å². The summed E-state index contributed by atoms with van der Waals surface area (Å²) in [5.74, 6) is -1.94. The average Bonchev–Trinajstić information content (AvgIpc) is 3.93. The molecule has 10 nitrogen and oxygen atoms in total. The number of hydrogen-bond acceptors (Lipinski definition) is 10. The lowest BCUT2D eigenvalue weighted by Gasteiger charge is -2.55. The highest BCUT2D eigenvalue weighted by Crippen LogP contribution is 2.60. The molecule has 1 aromatic heterocycles. The third kappa shape index (κ3) is 7.52. The first-order chi connectivity index (χ1) is 29.2. The fraction of sp³-hybridized carbons (Fsp3) is 0.408. The molecule has 4 aromatic rings. The number of nitrogens with zero attached hydrogens (tertiary/aromatic N) is 2. The van der Waals surface area contributed by atoms with Crippen molar-refractivity contribution >= 4 is 37.2 Å². The Bertz CT molecular complexity index is 2360. The second kappa shape index (κ2) is 16.8. The molecule has 3 aliphatic carbocycles. The summed E-state index contributed by atoms with van der Waals surface area (Å²) in [6, 6.07) is 20.6. The van der Waals surface area contributed by atoms with Gasteiger partial charge in [-0.25, -0.2) is 0 Å². The van der Waals surface area contributed by atoms with Crippen LogP contribution in [0.4, 0.5) is 0 Å². The van der Waals surface area contributed by atoms with Gasteiger partial charge in [0, 0.05) is 35.6 Å². The molecule has 1 saturated carbocycles. The summed E-state index contributed by atoms with van der Waals surface area (Å²) in [7, 11) is -2.98. The van der Waals surface area contributed by atoms with E-state index in [1.807, 2.05) is 79.8 Å². The summed E-state index contributed by atoms with van der Waals surface area (Å²) >= 11 is 7.40. The van der Waals surface area contributed by atoms with E-state index in [1.165, 1.54) is 0 Å². The standard InChI is InChI=1S/C49H56ClN3O7Si/c1-8-23-53(24-9-2)42-35-26-32-25-34-39(37(57-28-30-17-12-10-13-18-30)27-33(41(34)50)36-21-16-22-51-36)43(54)38(32)45(55)49(35,60-61(6,7)48(3,4)5)46(56)40-44(42)59-52-47(40)58-29-31-19-14-11-15-20-31/h8-15,17-20,27,32,35-36,42,51,54H,1-2,16,21-26,28-29H2,3-7H3/t32-,35-,36?,42-,49-/m0/s1. The highest BCUT2D eigenvalue weighted by molar-refractivity contribution is 6.74. The molecule has 0 radical (unpaired) electrons. The minimum absolute atomic E-state index is 0.0120. The van der Waals surface area contributed by atoms with Gasteiger partial charge >= 0.3 is 0 Å². The summed E-state index contributed by atoms with van der Waals surface area (Å²) in [5, 5.41) is 20.8. The van der Waals surface area contributed by atoms with Crippen LogP contribution in [-0.2, 0) is 28.9 Å². The van der Waals surface area contributed by atoms with Crippen molar-refractivity contribution in [3.63, 3.8) is 0 Å². The predicted octanol–water partition coefficient (Wildman–Crippen LogP) is 10.3. The van der Waals surface area contributed by atoms with E-state index >= 15 is 9.59 Å². The quantitative estimate of drug-likeness (QED) is 0.0720. The maximum Gasteiger partial charge on any atom is 0.265 e. The normalized spacial score (nSPS) is 23.6. The van der Waals surface area contributed by atoms with Crippen molar-refractivity contribution in [1.29, 1.82) is 0 Å². The molecule has 12 heteroatoms. The lowest BCUT2D eigenvalue weighted by atomic mass is 9.57. The van der Waals surface area contributed by atoms with Crippen LogP contribution in [-0.4, -0.2) is 60.3 Å². The number of Topliss-reactive ketones (excluding diaryl/α,β-unsaturated/α-hetero) is 2. The largest absolute Gasteiger partial charge is 0.507 e. The second-order valence-corrected chi connectivity index (χ2v) is 23.4. The first kappa shape index (κ1) is 42.9. The van der Waals surface area contributed by atoms with E-state index in [-0.39, 0.29) is 42.0 Å². The van der Waals surface area contributed by atoms with Crippen molar-refractivity contribution in [3.8, 4) is 11.6 Å². The van der Waals surface area contributed by atoms with Gasteiger partial charge in [-0.2, -0.15) is 0 Å². The molecule has 0 spiro atoms. The maximum atomic E-state index is 16.1. The second-order valence-electron chi connectivity index (χ2n) is 18.3. The van der Waals surface area contributed by atoms with Crippen LogP contribution in [0.1, 0.15) is 96.1 Å². The molecular weight excluding hydrogens is 806 g/mol. The minimum atomic E-state index is -2.98. The molecule has 0 bridgehead atoms. The Morgan fingerprint density at radius 3 is 2.21 bits per heavy atom. The first-order valence-electron chi connectivity index (χ1n) is 21.3. The van der Waals surface area contributed by atoms with Crippen molar-refractivity contribution in [1.82, 2.24) is 15.4 Å². The number of ketones is 2. The minimum Gasteiger partial charge on any atom is -0.507 e. The van der Waals surface area contributed by atoms with Gasteiger partial charge in [-0.3, -0.25) is 14.5 Å². The van der Waals surface area contributed by atoms with E-state index in [9.17, 15) is 5.11 Å². The van der Waals surface area contributed by atoms with Crippen LogP contribution >= 0.6 is 11.6 Å². The summed E-state index contributed by atoms with van der Waals surface area (Å²) in [5.41, 5.74) is 1.96. The van der Waals surface area contributed by atoms with Crippen LogP contribution in [0.2, 0.25) is 23.2 Å². The van der Waals surface area contributed by atoms with E-state index in [2.05, 4.69) is 49.3 Å². The first-order valence-corrected chi connectivity index (χ1v) is 24.6.